The number of halogens is 2. The molecule has 1 aliphatic rings. The van der Waals surface area contributed by atoms with Gasteiger partial charge in [0.1, 0.15) is 5.69 Å². The molecule has 2 amide bonds. The van der Waals surface area contributed by atoms with E-state index in [1.54, 1.807) is 25.1 Å². The number of aromatic carboxylic acids is 1. The summed E-state index contributed by atoms with van der Waals surface area (Å²) < 4.78 is 0. The number of rotatable bonds is 4. The zero-order chi connectivity index (χ0) is 20.4. The highest BCUT2D eigenvalue weighted by molar-refractivity contribution is 6.39. The first kappa shape index (κ1) is 19.9. The van der Waals surface area contributed by atoms with Crippen LogP contribution in [0.1, 0.15) is 17.3 Å². The van der Waals surface area contributed by atoms with Crippen molar-refractivity contribution in [2.45, 2.75) is 13.3 Å². The fourth-order valence-electron chi connectivity index (χ4n) is 2.62. The van der Waals surface area contributed by atoms with Gasteiger partial charge in [-0.05, 0) is 53.8 Å². The Labute approximate surface area is 169 Å². The van der Waals surface area contributed by atoms with Gasteiger partial charge >= 0.3 is 12.0 Å². The van der Waals surface area contributed by atoms with Gasteiger partial charge in [-0.15, -0.1) is 5.01 Å². The summed E-state index contributed by atoms with van der Waals surface area (Å²) in [6, 6.07) is 9.86. The number of amides is 2. The Morgan fingerprint density at radius 1 is 1.11 bits per heavy atom. The van der Waals surface area contributed by atoms with Crippen molar-refractivity contribution in [3.05, 3.63) is 58.1 Å². The van der Waals surface area contributed by atoms with Gasteiger partial charge in [0.25, 0.3) is 6.35 Å². The Balaban J connectivity index is 1.84. The highest BCUT2D eigenvalue weighted by atomic mass is 35.5. The van der Waals surface area contributed by atoms with E-state index < -0.39 is 18.4 Å². The average molecular weight is 424 g/mol. The molecule has 2 N–H and O–H groups in total. The van der Waals surface area contributed by atoms with Gasteiger partial charge in [-0.25, -0.2) is 9.59 Å². The van der Waals surface area contributed by atoms with Crippen LogP contribution < -0.4 is 9.91 Å². The maximum atomic E-state index is 12.9. The minimum absolute atomic E-state index is 0.0904. The molecule has 2 aromatic rings. The molecule has 0 aromatic heterocycles. The Hall–Kier alpha value is -2.88. The van der Waals surface area contributed by atoms with Gasteiger partial charge in [0, 0.05) is 12.2 Å². The molecule has 1 aliphatic heterocycles. The van der Waals surface area contributed by atoms with Crippen LogP contribution in [0.5, 0.6) is 0 Å². The van der Waals surface area contributed by atoms with Crippen molar-refractivity contribution >= 4 is 46.6 Å². The molecule has 1 heterocycles. The topological polar surface area (TPSA) is 109 Å². The van der Waals surface area contributed by atoms with E-state index in [1.165, 1.54) is 29.2 Å². The predicted octanol–water partition coefficient (Wildman–Crippen LogP) is 4.02. The zero-order valence-corrected chi connectivity index (χ0v) is 16.0. The van der Waals surface area contributed by atoms with E-state index in [-0.39, 0.29) is 27.8 Å². The van der Waals surface area contributed by atoms with Crippen LogP contribution >= 0.6 is 23.2 Å². The number of aliphatic hydroxyl groups is 1. The fourth-order valence-corrected chi connectivity index (χ4v) is 3.19. The quantitative estimate of drug-likeness (QED) is 0.771. The molecule has 1 atom stereocenters. The van der Waals surface area contributed by atoms with Gasteiger partial charge in [-0.3, -0.25) is 4.90 Å². The van der Waals surface area contributed by atoms with Crippen molar-refractivity contribution in [2.24, 2.45) is 10.4 Å². The van der Waals surface area contributed by atoms with Crippen molar-refractivity contribution in [1.82, 2.24) is 5.01 Å². The van der Waals surface area contributed by atoms with Gasteiger partial charge in [0.05, 0.1) is 15.6 Å². The number of aliphatic hydroxyl groups excluding tert-OH is 1. The van der Waals surface area contributed by atoms with Gasteiger partial charge in [0.15, 0.2) is 0 Å². The molecule has 0 radical (unpaired) electrons. The second kappa shape index (κ2) is 8.01. The summed E-state index contributed by atoms with van der Waals surface area (Å²) in [7, 11) is 0. The molecule has 3 rings (SSSR count). The van der Waals surface area contributed by atoms with E-state index in [0.717, 1.165) is 10.0 Å². The molecule has 1 unspecified atom stereocenters. The number of anilines is 2. The lowest BCUT2D eigenvalue weighted by Crippen LogP contribution is -2.48. The van der Waals surface area contributed by atoms with Crippen LogP contribution in [-0.2, 0) is 0 Å². The number of carboxylic acid groups (broad SMARTS) is 1. The molecule has 11 heteroatoms. The first-order valence-electron chi connectivity index (χ1n) is 8.12. The van der Waals surface area contributed by atoms with Crippen LogP contribution in [0.4, 0.5) is 16.2 Å². The summed E-state index contributed by atoms with van der Waals surface area (Å²) in [5, 5.41) is 29.3. The number of hydrogen-bond donors (Lipinski definition) is 2. The van der Waals surface area contributed by atoms with Gasteiger partial charge in [0.2, 0.25) is 0 Å². The number of carboxylic acids is 1. The number of benzene rings is 2. The Morgan fingerprint density at radius 3 is 2.25 bits per heavy atom. The minimum Gasteiger partial charge on any atom is -0.478 e. The van der Waals surface area contributed by atoms with E-state index in [2.05, 4.69) is 10.4 Å². The highest BCUT2D eigenvalue weighted by Gasteiger charge is 2.38. The molecule has 2 aromatic carbocycles. The summed E-state index contributed by atoms with van der Waals surface area (Å²) in [6.45, 7) is 1.97. The minimum atomic E-state index is -1.56. The molecule has 28 heavy (non-hydrogen) atoms. The SMILES string of the molecule is CCN(C(=O)N1N=NN(c2c(Cl)cccc2Cl)C1O)c1ccc(C(=O)O)cc1. The van der Waals surface area contributed by atoms with Crippen LogP contribution in [0.3, 0.4) is 0 Å². The third-order valence-corrected chi connectivity index (χ3v) is 4.62. The van der Waals surface area contributed by atoms with Crippen molar-refractivity contribution in [3.63, 3.8) is 0 Å². The lowest BCUT2D eigenvalue weighted by Gasteiger charge is -2.28. The second-order valence-corrected chi connectivity index (χ2v) is 6.48. The van der Waals surface area contributed by atoms with Crippen molar-refractivity contribution in [3.8, 4) is 0 Å². The molecule has 0 saturated carbocycles. The molecule has 0 bridgehead atoms. The third-order valence-electron chi connectivity index (χ3n) is 4.01. The fraction of sp³-hybridized carbons (Fsp3) is 0.176. The lowest BCUT2D eigenvalue weighted by atomic mass is 10.2. The van der Waals surface area contributed by atoms with Crippen LogP contribution in [0.25, 0.3) is 0 Å². The zero-order valence-electron chi connectivity index (χ0n) is 14.5. The summed E-state index contributed by atoms with van der Waals surface area (Å²) in [5.74, 6) is -1.07. The van der Waals surface area contributed by atoms with Gasteiger partial charge in [-0.2, -0.15) is 5.01 Å². The smallest absolute Gasteiger partial charge is 0.350 e. The first-order valence-corrected chi connectivity index (χ1v) is 8.87. The van der Waals surface area contributed by atoms with Gasteiger partial charge in [-0.1, -0.05) is 29.3 Å². The molecule has 0 saturated heterocycles. The summed E-state index contributed by atoms with van der Waals surface area (Å²) >= 11 is 12.3. The maximum Gasteiger partial charge on any atom is 0.350 e. The van der Waals surface area contributed by atoms with Crippen LogP contribution in [-0.4, -0.2) is 40.1 Å². The number of hydrogen-bond acceptors (Lipinski definition) is 6. The number of nitrogens with zero attached hydrogens (tertiary/aromatic N) is 5. The standard InChI is InChI=1S/C17H15Cl2N5O4/c1-2-22(11-8-6-10(7-9-11)15(25)26)16(27)24-17(28)23(20-21-24)14-12(18)4-3-5-13(14)19/h3-9,17,28H,2H2,1H3,(H,25,26). The Morgan fingerprint density at radius 2 is 1.71 bits per heavy atom. The molecule has 9 nitrogen and oxygen atoms in total. The first-order chi connectivity index (χ1) is 13.3. The summed E-state index contributed by atoms with van der Waals surface area (Å²) in [6.07, 6.45) is -1.56. The lowest BCUT2D eigenvalue weighted by molar-refractivity contribution is 0.0540. The Bertz CT molecular complexity index is 917. The summed E-state index contributed by atoms with van der Waals surface area (Å²) in [5.41, 5.74) is 0.744. The van der Waals surface area contributed by atoms with Crippen molar-refractivity contribution in [2.75, 3.05) is 16.5 Å². The van der Waals surface area contributed by atoms with E-state index >= 15 is 0 Å². The number of urea groups is 1. The average Bonchev–Trinajstić information content (AvgIpc) is 3.04. The van der Waals surface area contributed by atoms with E-state index in [0.29, 0.717) is 5.69 Å². The maximum absolute atomic E-state index is 12.9. The number of carbonyl (C=O) groups excluding carboxylic acids is 1. The van der Waals surface area contributed by atoms with Gasteiger partial charge < -0.3 is 10.2 Å². The third kappa shape index (κ3) is 3.59. The molecule has 0 spiro atoms. The number of para-hydroxylation sites is 1. The predicted molar refractivity (Wildman–Crippen MR) is 103 cm³/mol. The van der Waals surface area contributed by atoms with Crippen LogP contribution in [0.2, 0.25) is 10.0 Å². The number of carbonyl (C=O) groups is 2. The molecule has 146 valence electrons. The summed E-state index contributed by atoms with van der Waals surface area (Å²) in [4.78, 5) is 25.2. The monoisotopic (exact) mass is 423 g/mol. The van der Waals surface area contributed by atoms with Crippen molar-refractivity contribution < 1.29 is 19.8 Å². The van der Waals surface area contributed by atoms with Crippen LogP contribution in [0, 0.1) is 0 Å². The van der Waals surface area contributed by atoms with E-state index in [4.69, 9.17) is 28.3 Å². The normalized spacial score (nSPS) is 15.8. The molecular weight excluding hydrogens is 409 g/mol. The second-order valence-electron chi connectivity index (χ2n) is 5.66. The largest absolute Gasteiger partial charge is 0.478 e. The van der Waals surface area contributed by atoms with Crippen LogP contribution in [0.15, 0.2) is 52.9 Å². The van der Waals surface area contributed by atoms with E-state index in [1.807, 2.05) is 0 Å². The highest BCUT2D eigenvalue weighted by Crippen LogP contribution is 2.37. The Kier molecular flexibility index (Phi) is 5.68. The van der Waals surface area contributed by atoms with Crippen molar-refractivity contribution in [1.29, 1.82) is 0 Å². The molecule has 0 fully saturated rings. The molecule has 0 aliphatic carbocycles. The van der Waals surface area contributed by atoms with E-state index in [9.17, 15) is 14.7 Å². The molecular formula is C17H15Cl2N5O4.